The average Bonchev–Trinajstić information content (AvgIpc) is 2.97. The van der Waals surface area contributed by atoms with Gasteiger partial charge in [0.1, 0.15) is 11.6 Å². The third-order valence-corrected chi connectivity index (χ3v) is 7.97. The molecule has 0 unspecified atom stereocenters. The van der Waals surface area contributed by atoms with Crippen LogP contribution in [0, 0.1) is 26.7 Å². The molecule has 3 aromatic carbocycles. The number of benzene rings is 3. The van der Waals surface area contributed by atoms with E-state index < -0.39 is 29.6 Å². The molecule has 0 bridgehead atoms. The molecule has 1 fully saturated rings. The zero-order valence-corrected chi connectivity index (χ0v) is 26.7. The second-order valence-corrected chi connectivity index (χ2v) is 12.9. The van der Waals surface area contributed by atoms with E-state index in [2.05, 4.69) is 16.0 Å². The molecule has 1 atom stereocenters. The zero-order valence-electron chi connectivity index (χ0n) is 26.7. The Morgan fingerprint density at radius 1 is 0.864 bits per heavy atom. The first-order valence-electron chi connectivity index (χ1n) is 15.4. The number of aliphatic hydroxyl groups is 1. The smallest absolute Gasteiger partial charge is 0.329 e. The fourth-order valence-electron chi connectivity index (χ4n) is 5.89. The number of aliphatic hydroxyl groups excluding tert-OH is 1. The highest BCUT2D eigenvalue weighted by Gasteiger charge is 2.35. The van der Waals surface area contributed by atoms with E-state index in [1.165, 1.54) is 0 Å². The number of anilines is 2. The molecule has 4 N–H and O–H groups in total. The Labute approximate surface area is 260 Å². The van der Waals surface area contributed by atoms with Gasteiger partial charge in [0.15, 0.2) is 0 Å². The van der Waals surface area contributed by atoms with Crippen molar-refractivity contribution in [1.29, 1.82) is 0 Å². The number of aryl methyl sites for hydroxylation is 3. The monoisotopic (exact) mass is 599 g/mol. The number of hydrogen-bond donors (Lipinski definition) is 4. The van der Waals surface area contributed by atoms with Crippen molar-refractivity contribution in [3.05, 3.63) is 82.4 Å². The molecule has 1 aliphatic carbocycles. The maximum absolute atomic E-state index is 13.9. The van der Waals surface area contributed by atoms with Crippen molar-refractivity contribution in [3.8, 4) is 11.1 Å². The molecule has 0 aromatic heterocycles. The number of carbonyl (C=O) groups excluding carboxylic acids is 3. The van der Waals surface area contributed by atoms with E-state index in [1.807, 2.05) is 84.0 Å². The maximum atomic E-state index is 13.9. The largest absolute Gasteiger partial charge is 0.458 e. The Kier molecular flexibility index (Phi) is 10.5. The summed E-state index contributed by atoms with van der Waals surface area (Å²) in [4.78, 5) is 40.6. The Balaban J connectivity index is 1.67. The first-order valence-corrected chi connectivity index (χ1v) is 15.4. The van der Waals surface area contributed by atoms with Crippen LogP contribution in [-0.2, 0) is 16.1 Å². The molecule has 4 rings (SSSR count). The molecule has 0 radical (unpaired) electrons. The first-order chi connectivity index (χ1) is 20.8. The van der Waals surface area contributed by atoms with Crippen LogP contribution in [-0.4, -0.2) is 34.7 Å². The van der Waals surface area contributed by atoms with E-state index in [0.29, 0.717) is 11.4 Å². The van der Waals surface area contributed by atoms with Crippen LogP contribution in [0.2, 0.25) is 0 Å². The van der Waals surface area contributed by atoms with Crippen LogP contribution in [0.3, 0.4) is 0 Å². The molecular formula is C36H45N3O5. The highest BCUT2D eigenvalue weighted by Crippen LogP contribution is 2.30. The summed E-state index contributed by atoms with van der Waals surface area (Å²) in [6.45, 7) is 11.3. The van der Waals surface area contributed by atoms with Crippen LogP contribution in [0.5, 0.6) is 0 Å². The second kappa shape index (κ2) is 14.1. The number of nitrogens with one attached hydrogen (secondary N) is 3. The van der Waals surface area contributed by atoms with E-state index in [-0.39, 0.29) is 18.1 Å². The summed E-state index contributed by atoms with van der Waals surface area (Å²) in [6.07, 6.45) is 4.75. The standard InChI is InChI=1S/C36H45N3O5/c1-22-18-23(2)31(24(3)19-22)39-35(43)37-30-20-28(26-14-12-25(21-40)13-15-26)16-17-29(30)33(41)38-32(27-10-8-7-9-11-27)34(42)44-36(4,5)6/h12-20,27,32,40H,7-11,21H2,1-6H3,(H,38,41)(H2,37,39,43)/t32-/m0/s1. The molecule has 0 spiro atoms. The number of rotatable bonds is 8. The molecule has 234 valence electrons. The minimum Gasteiger partial charge on any atom is -0.458 e. The quantitative estimate of drug-likeness (QED) is 0.201. The second-order valence-electron chi connectivity index (χ2n) is 12.9. The van der Waals surface area contributed by atoms with Crippen molar-refractivity contribution >= 4 is 29.3 Å². The lowest BCUT2D eigenvalue weighted by molar-refractivity contribution is -0.159. The average molecular weight is 600 g/mol. The fraction of sp³-hybridized carbons (Fsp3) is 0.417. The topological polar surface area (TPSA) is 117 Å². The molecule has 1 saturated carbocycles. The van der Waals surface area contributed by atoms with Crippen LogP contribution in [0.15, 0.2) is 54.6 Å². The van der Waals surface area contributed by atoms with Gasteiger partial charge in [-0.3, -0.25) is 4.79 Å². The molecule has 8 heteroatoms. The summed E-state index contributed by atoms with van der Waals surface area (Å²) in [5.41, 5.74) is 5.93. The summed E-state index contributed by atoms with van der Waals surface area (Å²) < 4.78 is 5.73. The van der Waals surface area contributed by atoms with Gasteiger partial charge >= 0.3 is 12.0 Å². The van der Waals surface area contributed by atoms with Gasteiger partial charge in [-0.05, 0) is 100 Å². The molecule has 3 aromatic rings. The summed E-state index contributed by atoms with van der Waals surface area (Å²) in [5.74, 6) is -0.943. The normalized spacial score (nSPS) is 14.4. The third-order valence-electron chi connectivity index (χ3n) is 7.97. The minimum atomic E-state index is -0.799. The molecule has 8 nitrogen and oxygen atoms in total. The van der Waals surface area contributed by atoms with Crippen LogP contribution in [0.4, 0.5) is 16.2 Å². The van der Waals surface area contributed by atoms with Gasteiger partial charge in [0, 0.05) is 5.69 Å². The van der Waals surface area contributed by atoms with Gasteiger partial charge in [-0.2, -0.15) is 0 Å². The van der Waals surface area contributed by atoms with Gasteiger partial charge in [0.05, 0.1) is 17.9 Å². The van der Waals surface area contributed by atoms with Crippen LogP contribution in [0.1, 0.15) is 85.5 Å². The Hall–Kier alpha value is -4.17. The van der Waals surface area contributed by atoms with E-state index in [1.54, 1.807) is 12.1 Å². The maximum Gasteiger partial charge on any atom is 0.329 e. The van der Waals surface area contributed by atoms with E-state index >= 15 is 0 Å². The van der Waals surface area contributed by atoms with Gasteiger partial charge in [0.2, 0.25) is 0 Å². The van der Waals surface area contributed by atoms with Gasteiger partial charge in [-0.1, -0.05) is 67.3 Å². The Morgan fingerprint density at radius 2 is 1.48 bits per heavy atom. The lowest BCUT2D eigenvalue weighted by atomic mass is 9.83. The van der Waals surface area contributed by atoms with E-state index in [4.69, 9.17) is 4.74 Å². The number of hydrogen-bond acceptors (Lipinski definition) is 5. The van der Waals surface area contributed by atoms with Crippen molar-refractivity contribution in [1.82, 2.24) is 5.32 Å². The summed E-state index contributed by atoms with van der Waals surface area (Å²) in [6, 6.07) is 15.4. The fourth-order valence-corrected chi connectivity index (χ4v) is 5.89. The molecular weight excluding hydrogens is 554 g/mol. The Morgan fingerprint density at radius 3 is 2.07 bits per heavy atom. The number of urea groups is 1. The lowest BCUT2D eigenvalue weighted by Gasteiger charge is -2.32. The van der Waals surface area contributed by atoms with Crippen molar-refractivity contribution in [2.45, 2.75) is 91.9 Å². The number of amides is 3. The van der Waals surface area contributed by atoms with Gasteiger partial charge < -0.3 is 25.8 Å². The van der Waals surface area contributed by atoms with E-state index in [0.717, 1.165) is 65.5 Å². The van der Waals surface area contributed by atoms with Crippen molar-refractivity contribution in [3.63, 3.8) is 0 Å². The molecule has 0 aliphatic heterocycles. The van der Waals surface area contributed by atoms with Crippen LogP contribution < -0.4 is 16.0 Å². The van der Waals surface area contributed by atoms with Gasteiger partial charge in [-0.15, -0.1) is 0 Å². The predicted octanol–water partition coefficient (Wildman–Crippen LogP) is 7.44. The number of carbonyl (C=O) groups is 3. The van der Waals surface area contributed by atoms with E-state index in [9.17, 15) is 19.5 Å². The van der Waals surface area contributed by atoms with Crippen molar-refractivity contribution < 1.29 is 24.2 Å². The first kappa shape index (κ1) is 32.7. The van der Waals surface area contributed by atoms with Crippen molar-refractivity contribution in [2.24, 2.45) is 5.92 Å². The molecule has 1 aliphatic rings. The van der Waals surface area contributed by atoms with Crippen molar-refractivity contribution in [2.75, 3.05) is 10.6 Å². The molecule has 44 heavy (non-hydrogen) atoms. The number of esters is 1. The minimum absolute atomic E-state index is 0.0286. The number of ether oxygens (including phenoxy) is 1. The predicted molar refractivity (Wildman–Crippen MR) is 175 cm³/mol. The van der Waals surface area contributed by atoms with Crippen LogP contribution >= 0.6 is 0 Å². The highest BCUT2D eigenvalue weighted by molar-refractivity contribution is 6.08. The highest BCUT2D eigenvalue weighted by atomic mass is 16.6. The molecule has 0 saturated heterocycles. The SMILES string of the molecule is Cc1cc(C)c(NC(=O)Nc2cc(-c3ccc(CO)cc3)ccc2C(=O)N[C@H](C(=O)OC(C)(C)C)C2CCCCC2)c(C)c1. The van der Waals surface area contributed by atoms with Crippen LogP contribution in [0.25, 0.3) is 11.1 Å². The summed E-state index contributed by atoms with van der Waals surface area (Å²) >= 11 is 0. The van der Waals surface area contributed by atoms with Gasteiger partial charge in [-0.25, -0.2) is 9.59 Å². The lowest BCUT2D eigenvalue weighted by Crippen LogP contribution is -2.49. The molecule has 0 heterocycles. The zero-order chi connectivity index (χ0) is 32.0. The van der Waals surface area contributed by atoms with Gasteiger partial charge in [0.25, 0.3) is 5.91 Å². The Bertz CT molecular complexity index is 1480. The molecule has 3 amide bonds. The summed E-state index contributed by atoms with van der Waals surface area (Å²) in [7, 11) is 0. The summed E-state index contributed by atoms with van der Waals surface area (Å²) in [5, 5.41) is 18.3. The third kappa shape index (κ3) is 8.47.